The molecule has 2 atom stereocenters. The van der Waals surface area contributed by atoms with Gasteiger partial charge in [-0.25, -0.2) is 4.79 Å². The van der Waals surface area contributed by atoms with Gasteiger partial charge in [0.1, 0.15) is 35.5 Å². The Morgan fingerprint density at radius 3 is 2.25 bits per heavy atom. The van der Waals surface area contributed by atoms with Crippen molar-refractivity contribution in [1.29, 1.82) is 0 Å². The number of hydrogen-bond donors (Lipinski definition) is 2. The molecule has 268 valence electrons. The molecule has 2 heterocycles. The van der Waals surface area contributed by atoms with Crippen LogP contribution in [0, 0.1) is 5.92 Å². The lowest BCUT2D eigenvalue weighted by atomic mass is 9.77. The summed E-state index contributed by atoms with van der Waals surface area (Å²) in [6.07, 6.45) is -0.142. The molecule has 1 spiro atoms. The summed E-state index contributed by atoms with van der Waals surface area (Å²) < 4.78 is 25.0. The van der Waals surface area contributed by atoms with Crippen LogP contribution in [0.1, 0.15) is 82.7 Å². The second-order valence-corrected chi connectivity index (χ2v) is 14.5. The number of rotatable bonds is 11. The molecular formula is C42H49N3O6. The van der Waals surface area contributed by atoms with Gasteiger partial charge in [0, 0.05) is 47.7 Å². The number of carbonyl (C=O) groups excluding carboxylic acids is 2. The van der Waals surface area contributed by atoms with Gasteiger partial charge in [-0.1, -0.05) is 50.2 Å². The zero-order valence-corrected chi connectivity index (χ0v) is 30.7. The number of nitrogens with zero attached hydrogens (tertiary/aromatic N) is 1. The molecule has 9 heteroatoms. The van der Waals surface area contributed by atoms with E-state index in [-0.39, 0.29) is 11.8 Å². The van der Waals surface area contributed by atoms with Crippen LogP contribution in [0.25, 0.3) is 0 Å². The minimum absolute atomic E-state index is 0.191. The van der Waals surface area contributed by atoms with E-state index >= 15 is 0 Å². The maximum atomic E-state index is 13.2. The van der Waals surface area contributed by atoms with Gasteiger partial charge in [0.25, 0.3) is 0 Å². The Morgan fingerprint density at radius 1 is 0.882 bits per heavy atom. The third-order valence-electron chi connectivity index (χ3n) is 9.21. The van der Waals surface area contributed by atoms with Crippen molar-refractivity contribution < 1.29 is 28.5 Å². The molecule has 0 radical (unpaired) electrons. The minimum Gasteiger partial charge on any atom is -0.489 e. The summed E-state index contributed by atoms with van der Waals surface area (Å²) in [5, 5.41) is 5.65. The average Bonchev–Trinajstić information content (AvgIpc) is 3.47. The van der Waals surface area contributed by atoms with Gasteiger partial charge in [-0.05, 0) is 100 Å². The Hall–Kier alpha value is -5.02. The molecule has 0 aliphatic carbocycles. The number of hydrogen-bond acceptors (Lipinski definition) is 7. The number of amides is 2. The average molecular weight is 692 g/mol. The Kier molecular flexibility index (Phi) is 10.3. The van der Waals surface area contributed by atoms with E-state index in [1.807, 2.05) is 56.3 Å². The molecule has 4 aromatic carbocycles. The zero-order chi connectivity index (χ0) is 36.3. The normalized spacial score (nSPS) is 16.4. The van der Waals surface area contributed by atoms with Gasteiger partial charge in [0.15, 0.2) is 5.60 Å². The highest BCUT2D eigenvalue weighted by Crippen LogP contribution is 2.57. The molecule has 6 rings (SSSR count). The number of ether oxygens (including phenoxy) is 4. The summed E-state index contributed by atoms with van der Waals surface area (Å²) in [6.45, 7) is 16.3. The summed E-state index contributed by atoms with van der Waals surface area (Å²) in [4.78, 5) is 27.9. The van der Waals surface area contributed by atoms with Crippen molar-refractivity contribution in [2.45, 2.75) is 85.3 Å². The van der Waals surface area contributed by atoms with Crippen LogP contribution in [0.15, 0.2) is 84.9 Å². The summed E-state index contributed by atoms with van der Waals surface area (Å²) >= 11 is 0. The van der Waals surface area contributed by atoms with E-state index in [0.29, 0.717) is 36.8 Å². The topological polar surface area (TPSA) is 98.4 Å². The molecule has 0 saturated carbocycles. The highest BCUT2D eigenvalue weighted by molar-refractivity contribution is 5.96. The van der Waals surface area contributed by atoms with Crippen LogP contribution in [-0.2, 0) is 33.1 Å². The Balaban J connectivity index is 1.18. The molecule has 4 aromatic rings. The van der Waals surface area contributed by atoms with E-state index in [1.165, 1.54) is 5.56 Å². The molecule has 2 aliphatic heterocycles. The smallest absolute Gasteiger partial charge is 0.408 e. The van der Waals surface area contributed by atoms with Gasteiger partial charge < -0.3 is 34.5 Å². The standard InChI is InChI=1S/C42H49N3O6/c1-8-45(9-2)31-18-20-34-37(23-31)50-38-24-32(19-21-35(38)42(34)33-13-11-10-12-29(33)26-49-42)48-25-28-14-16-30(17-15-28)43-39(46)36(22-27(3)4)44-40(47)51-41(5,6)7/h10-21,23-24,27,36H,8-9,22,25-26H2,1-7H3,(H,43,46)(H,44,47)/t36-,42?/m0/s1. The first-order valence-electron chi connectivity index (χ1n) is 17.9. The lowest BCUT2D eigenvalue weighted by Crippen LogP contribution is -2.46. The van der Waals surface area contributed by atoms with Gasteiger partial charge in [-0.3, -0.25) is 4.79 Å². The van der Waals surface area contributed by atoms with Crippen molar-refractivity contribution in [3.05, 3.63) is 113 Å². The number of fused-ring (bicyclic) bond motifs is 6. The summed E-state index contributed by atoms with van der Waals surface area (Å²) in [5.74, 6) is 2.03. The largest absolute Gasteiger partial charge is 0.489 e. The number of nitrogens with one attached hydrogen (secondary N) is 2. The summed E-state index contributed by atoms with van der Waals surface area (Å²) in [5.41, 5.74) is 5.44. The second-order valence-electron chi connectivity index (χ2n) is 14.5. The van der Waals surface area contributed by atoms with Gasteiger partial charge in [0.05, 0.1) is 6.61 Å². The number of alkyl carbamates (subject to hydrolysis) is 1. The van der Waals surface area contributed by atoms with Crippen molar-refractivity contribution in [1.82, 2.24) is 5.32 Å². The lowest BCUT2D eigenvalue weighted by Gasteiger charge is -2.38. The summed E-state index contributed by atoms with van der Waals surface area (Å²) in [7, 11) is 0. The SMILES string of the molecule is CCN(CC)c1ccc2c(c1)Oc1cc(OCc3ccc(NC(=O)[C@H](CC(C)C)NC(=O)OC(C)(C)C)cc3)ccc1C21OCc2ccccc21. The van der Waals surface area contributed by atoms with E-state index < -0.39 is 23.3 Å². The highest BCUT2D eigenvalue weighted by atomic mass is 16.6. The fourth-order valence-corrected chi connectivity index (χ4v) is 6.84. The molecule has 0 saturated heterocycles. The van der Waals surface area contributed by atoms with Gasteiger partial charge in [0.2, 0.25) is 5.91 Å². The Morgan fingerprint density at radius 2 is 1.57 bits per heavy atom. The summed E-state index contributed by atoms with van der Waals surface area (Å²) in [6, 6.07) is 27.5. The molecule has 9 nitrogen and oxygen atoms in total. The molecule has 51 heavy (non-hydrogen) atoms. The molecule has 2 aliphatic rings. The fourth-order valence-electron chi connectivity index (χ4n) is 6.84. The number of anilines is 2. The zero-order valence-electron chi connectivity index (χ0n) is 30.7. The molecule has 0 bridgehead atoms. The number of benzene rings is 4. The van der Waals surface area contributed by atoms with Crippen LogP contribution < -0.4 is 25.0 Å². The Labute approximate surface area is 301 Å². The van der Waals surface area contributed by atoms with Crippen molar-refractivity contribution in [3.8, 4) is 17.2 Å². The van der Waals surface area contributed by atoms with E-state index in [2.05, 4.69) is 71.8 Å². The minimum atomic E-state index is -0.781. The molecule has 2 amide bonds. The maximum Gasteiger partial charge on any atom is 0.408 e. The first-order valence-corrected chi connectivity index (χ1v) is 17.9. The number of carbonyl (C=O) groups is 2. The van der Waals surface area contributed by atoms with Crippen molar-refractivity contribution >= 4 is 23.4 Å². The first-order chi connectivity index (χ1) is 24.4. The van der Waals surface area contributed by atoms with E-state index in [0.717, 1.165) is 46.8 Å². The highest BCUT2D eigenvalue weighted by Gasteiger charge is 2.49. The van der Waals surface area contributed by atoms with Crippen LogP contribution in [-0.4, -0.2) is 36.7 Å². The van der Waals surface area contributed by atoms with Crippen LogP contribution >= 0.6 is 0 Å². The van der Waals surface area contributed by atoms with Gasteiger partial charge in [-0.2, -0.15) is 0 Å². The van der Waals surface area contributed by atoms with Crippen LogP contribution in [0.2, 0.25) is 0 Å². The predicted molar refractivity (Wildman–Crippen MR) is 200 cm³/mol. The van der Waals surface area contributed by atoms with Gasteiger partial charge >= 0.3 is 6.09 Å². The van der Waals surface area contributed by atoms with E-state index in [1.54, 1.807) is 20.8 Å². The van der Waals surface area contributed by atoms with E-state index in [4.69, 9.17) is 18.9 Å². The van der Waals surface area contributed by atoms with Crippen LogP contribution in [0.3, 0.4) is 0 Å². The van der Waals surface area contributed by atoms with E-state index in [9.17, 15) is 9.59 Å². The van der Waals surface area contributed by atoms with Crippen molar-refractivity contribution in [2.75, 3.05) is 23.3 Å². The maximum absolute atomic E-state index is 13.2. The molecule has 2 N–H and O–H groups in total. The molecular weight excluding hydrogens is 642 g/mol. The second kappa shape index (κ2) is 14.7. The molecule has 0 aromatic heterocycles. The first kappa shape index (κ1) is 35.8. The monoisotopic (exact) mass is 691 g/mol. The Bertz CT molecular complexity index is 1880. The predicted octanol–water partition coefficient (Wildman–Crippen LogP) is 8.92. The fraction of sp³-hybridized carbons (Fsp3) is 0.381. The third-order valence-corrected chi connectivity index (χ3v) is 9.21. The van der Waals surface area contributed by atoms with Crippen molar-refractivity contribution in [2.24, 2.45) is 5.92 Å². The third kappa shape index (κ3) is 7.69. The van der Waals surface area contributed by atoms with Gasteiger partial charge in [-0.15, -0.1) is 0 Å². The quantitative estimate of drug-likeness (QED) is 0.162. The van der Waals surface area contributed by atoms with Crippen LogP contribution in [0.4, 0.5) is 16.2 Å². The molecule has 0 fully saturated rings. The van der Waals surface area contributed by atoms with Crippen LogP contribution in [0.5, 0.6) is 17.2 Å². The van der Waals surface area contributed by atoms with Crippen molar-refractivity contribution in [3.63, 3.8) is 0 Å². The lowest BCUT2D eigenvalue weighted by molar-refractivity contribution is -0.118. The molecule has 1 unspecified atom stereocenters.